The second-order valence-electron chi connectivity index (χ2n) is 5.53. The minimum atomic E-state index is 0.200. The van der Waals surface area contributed by atoms with Gasteiger partial charge in [-0.15, -0.1) is 0 Å². The average Bonchev–Trinajstić information content (AvgIpc) is 2.00. The Hall–Kier alpha value is -0.0800. The van der Waals surface area contributed by atoms with Crippen LogP contribution in [0.3, 0.4) is 0 Å². The molecule has 0 radical (unpaired) electrons. The van der Waals surface area contributed by atoms with Crippen LogP contribution in [0.5, 0.6) is 0 Å². The van der Waals surface area contributed by atoms with E-state index >= 15 is 0 Å². The molecule has 74 valence electrons. The molecule has 0 heterocycles. The minimum Gasteiger partial charge on any atom is -0.381 e. The van der Waals surface area contributed by atoms with Crippen molar-refractivity contribution in [3.8, 4) is 0 Å². The lowest BCUT2D eigenvalue weighted by Gasteiger charge is -2.58. The van der Waals surface area contributed by atoms with Gasteiger partial charge in [-0.1, -0.05) is 0 Å². The molecule has 4 aliphatic carbocycles. The van der Waals surface area contributed by atoms with Gasteiger partial charge in [0.1, 0.15) is 0 Å². The summed E-state index contributed by atoms with van der Waals surface area (Å²) < 4.78 is 5.62. The fraction of sp³-hybridized carbons (Fsp3) is 1.00. The molecule has 4 fully saturated rings. The fourth-order valence-electron chi connectivity index (χ4n) is 4.43. The number of ether oxygens (including phenoxy) is 1. The van der Waals surface area contributed by atoms with Crippen molar-refractivity contribution in [1.29, 1.82) is 0 Å². The van der Waals surface area contributed by atoms with E-state index in [1.807, 2.05) is 7.11 Å². The number of rotatable bonds is 1. The minimum absolute atomic E-state index is 0.200. The van der Waals surface area contributed by atoms with Gasteiger partial charge in [0, 0.05) is 12.6 Å². The molecule has 0 aromatic heterocycles. The van der Waals surface area contributed by atoms with Crippen LogP contribution in [0.1, 0.15) is 32.1 Å². The molecule has 0 spiro atoms. The molecule has 4 aliphatic rings. The summed E-state index contributed by atoms with van der Waals surface area (Å²) in [7, 11) is 1.87. The predicted molar refractivity (Wildman–Crippen MR) is 51.3 cm³/mol. The van der Waals surface area contributed by atoms with Crippen LogP contribution in [0.15, 0.2) is 0 Å². The maximum absolute atomic E-state index is 6.38. The Morgan fingerprint density at radius 2 is 1.77 bits per heavy atom. The van der Waals surface area contributed by atoms with E-state index in [4.69, 9.17) is 10.5 Å². The van der Waals surface area contributed by atoms with Crippen LogP contribution in [0.4, 0.5) is 0 Å². The quantitative estimate of drug-likeness (QED) is 0.666. The van der Waals surface area contributed by atoms with Crippen molar-refractivity contribution in [2.45, 2.75) is 43.7 Å². The van der Waals surface area contributed by atoms with Crippen LogP contribution in [0.25, 0.3) is 0 Å². The van der Waals surface area contributed by atoms with Crippen molar-refractivity contribution in [1.82, 2.24) is 0 Å². The Kier molecular flexibility index (Phi) is 1.58. The van der Waals surface area contributed by atoms with E-state index in [1.165, 1.54) is 32.1 Å². The molecule has 13 heavy (non-hydrogen) atoms. The van der Waals surface area contributed by atoms with Crippen molar-refractivity contribution < 1.29 is 4.74 Å². The molecule has 0 aromatic carbocycles. The van der Waals surface area contributed by atoms with Crippen molar-refractivity contribution in [3.05, 3.63) is 0 Å². The first-order valence-corrected chi connectivity index (χ1v) is 5.52. The number of hydrogen-bond donors (Lipinski definition) is 1. The van der Waals surface area contributed by atoms with Crippen molar-refractivity contribution >= 4 is 0 Å². The zero-order chi connectivity index (χ0) is 9.05. The maximum Gasteiger partial charge on any atom is 0.0629 e. The van der Waals surface area contributed by atoms with Crippen LogP contribution in [0, 0.1) is 17.8 Å². The first-order valence-electron chi connectivity index (χ1n) is 5.52. The molecule has 0 aromatic rings. The van der Waals surface area contributed by atoms with E-state index in [2.05, 4.69) is 0 Å². The van der Waals surface area contributed by atoms with E-state index in [-0.39, 0.29) is 5.54 Å². The van der Waals surface area contributed by atoms with Crippen LogP contribution in [-0.4, -0.2) is 18.8 Å². The summed E-state index contributed by atoms with van der Waals surface area (Å²) in [4.78, 5) is 0. The average molecular weight is 181 g/mol. The molecule has 2 nitrogen and oxygen atoms in total. The normalized spacial score (nSPS) is 58.6. The zero-order valence-electron chi connectivity index (χ0n) is 8.33. The first-order chi connectivity index (χ1) is 6.20. The second kappa shape index (κ2) is 2.48. The molecule has 4 rings (SSSR count). The van der Waals surface area contributed by atoms with Gasteiger partial charge < -0.3 is 10.5 Å². The van der Waals surface area contributed by atoms with E-state index < -0.39 is 0 Å². The lowest BCUT2D eigenvalue weighted by molar-refractivity contribution is -0.119. The fourth-order valence-corrected chi connectivity index (χ4v) is 4.43. The summed E-state index contributed by atoms with van der Waals surface area (Å²) in [6, 6.07) is 0. The Morgan fingerprint density at radius 1 is 1.15 bits per heavy atom. The smallest absolute Gasteiger partial charge is 0.0629 e. The highest BCUT2D eigenvalue weighted by Gasteiger charge is 2.53. The van der Waals surface area contributed by atoms with Crippen LogP contribution in [0.2, 0.25) is 0 Å². The van der Waals surface area contributed by atoms with Gasteiger partial charge in [-0.05, 0) is 49.9 Å². The van der Waals surface area contributed by atoms with Gasteiger partial charge in [0.05, 0.1) is 6.10 Å². The third-order valence-electron chi connectivity index (χ3n) is 4.51. The Bertz CT molecular complexity index is 212. The highest BCUT2D eigenvalue weighted by Crippen LogP contribution is 2.55. The molecule has 2 unspecified atom stereocenters. The molecule has 4 saturated carbocycles. The van der Waals surface area contributed by atoms with Crippen molar-refractivity contribution in [3.63, 3.8) is 0 Å². The third-order valence-corrected chi connectivity index (χ3v) is 4.51. The monoisotopic (exact) mass is 181 g/mol. The van der Waals surface area contributed by atoms with E-state index in [9.17, 15) is 0 Å². The third kappa shape index (κ3) is 1.08. The summed E-state index contributed by atoms with van der Waals surface area (Å²) in [5, 5.41) is 0. The van der Waals surface area contributed by atoms with E-state index in [1.54, 1.807) is 0 Å². The predicted octanol–water partition coefficient (Wildman–Crippen LogP) is 1.54. The Balaban J connectivity index is 1.90. The van der Waals surface area contributed by atoms with Gasteiger partial charge in [0.15, 0.2) is 0 Å². The van der Waals surface area contributed by atoms with Crippen molar-refractivity contribution in [2.24, 2.45) is 23.5 Å². The number of nitrogens with two attached hydrogens (primary N) is 1. The van der Waals surface area contributed by atoms with Gasteiger partial charge in [-0.25, -0.2) is 0 Å². The topological polar surface area (TPSA) is 35.2 Å². The lowest BCUT2D eigenvalue weighted by atomic mass is 9.52. The summed E-state index contributed by atoms with van der Waals surface area (Å²) >= 11 is 0. The Labute approximate surface area is 79.8 Å². The van der Waals surface area contributed by atoms with Gasteiger partial charge in [0.2, 0.25) is 0 Å². The second-order valence-corrected chi connectivity index (χ2v) is 5.53. The maximum atomic E-state index is 6.38. The summed E-state index contributed by atoms with van der Waals surface area (Å²) in [6.07, 6.45) is 7.03. The van der Waals surface area contributed by atoms with Gasteiger partial charge in [0.25, 0.3) is 0 Å². The van der Waals surface area contributed by atoms with Crippen LogP contribution in [-0.2, 0) is 4.74 Å². The summed E-state index contributed by atoms with van der Waals surface area (Å²) in [6.45, 7) is 0. The molecule has 4 bridgehead atoms. The lowest BCUT2D eigenvalue weighted by Crippen LogP contribution is -2.61. The molecule has 0 aliphatic heterocycles. The molecule has 2 heteroatoms. The number of hydrogen-bond acceptors (Lipinski definition) is 2. The van der Waals surface area contributed by atoms with Gasteiger partial charge >= 0.3 is 0 Å². The largest absolute Gasteiger partial charge is 0.381 e. The molecular formula is C11H19NO. The first kappa shape index (κ1) is 8.25. The standard InChI is InChI=1S/C11H19NO/c1-13-10-8-2-7-3-9(10)6-11(12,4-7)5-8/h7-10H,2-6,12H2,1H3. The molecule has 2 N–H and O–H groups in total. The van der Waals surface area contributed by atoms with E-state index in [0.29, 0.717) is 6.10 Å². The van der Waals surface area contributed by atoms with Crippen LogP contribution >= 0.6 is 0 Å². The highest BCUT2D eigenvalue weighted by atomic mass is 16.5. The molecular weight excluding hydrogens is 162 g/mol. The van der Waals surface area contributed by atoms with Gasteiger partial charge in [-0.2, -0.15) is 0 Å². The van der Waals surface area contributed by atoms with E-state index in [0.717, 1.165) is 17.8 Å². The zero-order valence-corrected chi connectivity index (χ0v) is 8.33. The van der Waals surface area contributed by atoms with Crippen LogP contribution < -0.4 is 5.73 Å². The Morgan fingerprint density at radius 3 is 2.23 bits per heavy atom. The molecule has 2 atom stereocenters. The summed E-state index contributed by atoms with van der Waals surface area (Å²) in [5.74, 6) is 2.48. The highest BCUT2D eigenvalue weighted by molar-refractivity contribution is 5.08. The summed E-state index contributed by atoms with van der Waals surface area (Å²) in [5.41, 5.74) is 6.58. The van der Waals surface area contributed by atoms with Gasteiger partial charge in [-0.3, -0.25) is 0 Å². The number of methoxy groups -OCH3 is 1. The molecule has 0 saturated heterocycles. The van der Waals surface area contributed by atoms with Crippen molar-refractivity contribution in [2.75, 3.05) is 7.11 Å². The SMILES string of the molecule is COC1C2CC3CC1CC(N)(C3)C2. The molecule has 0 amide bonds.